The first-order chi connectivity index (χ1) is 15.6. The first-order valence-electron chi connectivity index (χ1n) is 11.5. The fourth-order valence-corrected chi connectivity index (χ4v) is 3.79. The number of benzene rings is 1. The summed E-state index contributed by atoms with van der Waals surface area (Å²) in [6.07, 6.45) is 6.51. The quantitative estimate of drug-likeness (QED) is 0.467. The van der Waals surface area contributed by atoms with Gasteiger partial charge in [0, 0.05) is 52.0 Å². The van der Waals surface area contributed by atoms with E-state index in [1.54, 1.807) is 18.1 Å². The monoisotopic (exact) mass is 436 g/mol. The van der Waals surface area contributed by atoms with Crippen molar-refractivity contribution in [1.29, 1.82) is 0 Å². The van der Waals surface area contributed by atoms with E-state index in [-0.39, 0.29) is 12.5 Å². The Morgan fingerprint density at radius 2 is 1.81 bits per heavy atom. The summed E-state index contributed by atoms with van der Waals surface area (Å²) in [7, 11) is 3.53. The van der Waals surface area contributed by atoms with Crippen LogP contribution in [-0.2, 0) is 24.3 Å². The summed E-state index contributed by atoms with van der Waals surface area (Å²) in [6.45, 7) is 4.95. The van der Waals surface area contributed by atoms with E-state index >= 15 is 0 Å². The summed E-state index contributed by atoms with van der Waals surface area (Å²) in [5.74, 6) is 0.639. The number of hydrogen-bond donors (Lipinski definition) is 2. The number of guanidine groups is 1. The zero-order valence-corrected chi connectivity index (χ0v) is 19.4. The molecule has 1 aromatic carbocycles. The Kier molecular flexibility index (Phi) is 9.50. The molecule has 0 aliphatic carbocycles. The lowest BCUT2D eigenvalue weighted by Crippen LogP contribution is -2.43. The molecule has 1 aliphatic rings. The van der Waals surface area contributed by atoms with Gasteiger partial charge in [0.1, 0.15) is 0 Å². The third-order valence-electron chi connectivity index (χ3n) is 5.82. The molecule has 7 heteroatoms. The molecular weight excluding hydrogens is 400 g/mol. The van der Waals surface area contributed by atoms with E-state index in [0.29, 0.717) is 19.0 Å². The first kappa shape index (κ1) is 23.7. The Hall–Kier alpha value is -2.93. The predicted octanol–water partition coefficient (Wildman–Crippen LogP) is 2.43. The highest BCUT2D eigenvalue weighted by atomic mass is 16.2. The highest BCUT2D eigenvalue weighted by Gasteiger charge is 2.11. The van der Waals surface area contributed by atoms with Crippen molar-refractivity contribution in [3.05, 3.63) is 65.5 Å². The van der Waals surface area contributed by atoms with E-state index in [0.717, 1.165) is 18.7 Å². The first-order valence-corrected chi connectivity index (χ1v) is 11.5. The summed E-state index contributed by atoms with van der Waals surface area (Å²) < 4.78 is 0. The molecule has 172 valence electrons. The van der Waals surface area contributed by atoms with Crippen LogP contribution >= 0.6 is 0 Å². The maximum Gasteiger partial charge on any atom is 0.241 e. The number of carbonyl (C=O) groups excluding carboxylic acids is 1. The van der Waals surface area contributed by atoms with Crippen LogP contribution in [0, 0.1) is 0 Å². The molecule has 32 heavy (non-hydrogen) atoms. The molecule has 0 atom stereocenters. The van der Waals surface area contributed by atoms with Crippen LogP contribution in [0.2, 0.25) is 0 Å². The smallest absolute Gasteiger partial charge is 0.241 e. The number of rotatable bonds is 9. The van der Waals surface area contributed by atoms with Gasteiger partial charge in [-0.3, -0.25) is 19.7 Å². The summed E-state index contributed by atoms with van der Waals surface area (Å²) in [4.78, 5) is 25.2. The third-order valence-corrected chi connectivity index (χ3v) is 5.82. The van der Waals surface area contributed by atoms with Gasteiger partial charge in [-0.1, -0.05) is 36.8 Å². The topological polar surface area (TPSA) is 72.9 Å². The van der Waals surface area contributed by atoms with Gasteiger partial charge < -0.3 is 15.5 Å². The number of pyridine rings is 1. The van der Waals surface area contributed by atoms with Crippen LogP contribution < -0.4 is 10.6 Å². The van der Waals surface area contributed by atoms with Crippen LogP contribution in [0.25, 0.3) is 0 Å². The molecule has 0 unspecified atom stereocenters. The number of nitrogens with zero attached hydrogens (tertiary/aromatic N) is 4. The molecule has 0 radical (unpaired) electrons. The van der Waals surface area contributed by atoms with Gasteiger partial charge in [0.2, 0.25) is 5.91 Å². The molecule has 3 rings (SSSR count). The number of aliphatic imine (C=N–C) groups is 1. The van der Waals surface area contributed by atoms with Gasteiger partial charge in [-0.15, -0.1) is 0 Å². The molecule has 0 spiro atoms. The Bertz CT molecular complexity index is 846. The molecule has 1 aliphatic heterocycles. The maximum atomic E-state index is 12.4. The van der Waals surface area contributed by atoms with Crippen molar-refractivity contribution >= 4 is 11.9 Å². The van der Waals surface area contributed by atoms with Crippen LogP contribution in [0.15, 0.2) is 53.7 Å². The van der Waals surface area contributed by atoms with Gasteiger partial charge in [-0.25, -0.2) is 0 Å². The number of nitrogens with one attached hydrogen (secondary N) is 2. The largest absolute Gasteiger partial charge is 0.352 e. The number of piperidine rings is 1. The lowest BCUT2D eigenvalue weighted by molar-refractivity contribution is -0.128. The van der Waals surface area contributed by atoms with E-state index < -0.39 is 0 Å². The van der Waals surface area contributed by atoms with Crippen molar-refractivity contribution in [1.82, 2.24) is 25.4 Å². The molecule has 1 fully saturated rings. The van der Waals surface area contributed by atoms with E-state index in [9.17, 15) is 4.79 Å². The van der Waals surface area contributed by atoms with Crippen molar-refractivity contribution < 1.29 is 4.79 Å². The van der Waals surface area contributed by atoms with Gasteiger partial charge in [-0.2, -0.15) is 0 Å². The van der Waals surface area contributed by atoms with Crippen LogP contribution in [0.5, 0.6) is 0 Å². The van der Waals surface area contributed by atoms with Gasteiger partial charge in [0.05, 0.1) is 6.54 Å². The Morgan fingerprint density at radius 3 is 2.50 bits per heavy atom. The SMILES string of the molecule is CN=C(NCC(=O)N(C)CCc1ccccn1)NCc1ccc(CN2CCCCC2)cc1. The predicted molar refractivity (Wildman–Crippen MR) is 129 cm³/mol. The van der Waals surface area contributed by atoms with Gasteiger partial charge in [0.25, 0.3) is 0 Å². The molecule has 2 heterocycles. The highest BCUT2D eigenvalue weighted by Crippen LogP contribution is 2.13. The standard InChI is InChI=1S/C25H36N6O/c1-26-25(29-19-24(32)30(2)17-13-23-8-4-5-14-27-23)28-18-21-9-11-22(12-10-21)20-31-15-6-3-7-16-31/h4-5,8-12,14H,3,6-7,13,15-20H2,1-2H3,(H2,26,28,29). The molecule has 0 saturated carbocycles. The zero-order valence-electron chi connectivity index (χ0n) is 19.4. The summed E-state index contributed by atoms with van der Waals surface area (Å²) in [6, 6.07) is 14.6. The maximum absolute atomic E-state index is 12.4. The molecule has 2 aromatic rings. The van der Waals surface area contributed by atoms with Crippen LogP contribution in [0.1, 0.15) is 36.1 Å². The van der Waals surface area contributed by atoms with Gasteiger partial charge in [-0.05, 0) is 49.2 Å². The normalized spacial score (nSPS) is 14.8. The highest BCUT2D eigenvalue weighted by molar-refractivity contribution is 5.86. The molecule has 2 N–H and O–H groups in total. The fourth-order valence-electron chi connectivity index (χ4n) is 3.79. The molecule has 7 nitrogen and oxygen atoms in total. The van der Waals surface area contributed by atoms with Gasteiger partial charge >= 0.3 is 0 Å². The number of amides is 1. The number of likely N-dealkylation sites (N-methyl/N-ethyl adjacent to an activating group) is 1. The van der Waals surface area contributed by atoms with Gasteiger partial charge in [0.15, 0.2) is 5.96 Å². The molecule has 1 amide bonds. The van der Waals surface area contributed by atoms with Crippen molar-refractivity contribution in [3.8, 4) is 0 Å². The Labute approximate surface area is 191 Å². The number of carbonyl (C=O) groups is 1. The number of hydrogen-bond acceptors (Lipinski definition) is 4. The lowest BCUT2D eigenvalue weighted by Gasteiger charge is -2.26. The second-order valence-electron chi connectivity index (χ2n) is 8.32. The van der Waals surface area contributed by atoms with Crippen molar-refractivity contribution in [2.24, 2.45) is 4.99 Å². The average molecular weight is 437 g/mol. The van der Waals surface area contributed by atoms with Crippen molar-refractivity contribution in [2.75, 3.05) is 40.3 Å². The molecule has 0 bridgehead atoms. The van der Waals surface area contributed by atoms with Crippen molar-refractivity contribution in [3.63, 3.8) is 0 Å². The number of likely N-dealkylation sites (tertiary alicyclic amines) is 1. The minimum Gasteiger partial charge on any atom is -0.352 e. The minimum atomic E-state index is 0.0194. The summed E-state index contributed by atoms with van der Waals surface area (Å²) in [5, 5.41) is 6.40. The van der Waals surface area contributed by atoms with Crippen LogP contribution in [0.3, 0.4) is 0 Å². The fraction of sp³-hybridized carbons (Fsp3) is 0.480. The average Bonchev–Trinajstić information content (AvgIpc) is 2.84. The summed E-state index contributed by atoms with van der Waals surface area (Å²) in [5.41, 5.74) is 3.53. The van der Waals surface area contributed by atoms with E-state index in [1.807, 2.05) is 25.2 Å². The third kappa shape index (κ3) is 7.96. The molecule has 1 saturated heterocycles. The van der Waals surface area contributed by atoms with Crippen molar-refractivity contribution in [2.45, 2.75) is 38.8 Å². The minimum absolute atomic E-state index is 0.0194. The van der Waals surface area contributed by atoms with E-state index in [4.69, 9.17) is 0 Å². The zero-order chi connectivity index (χ0) is 22.6. The Balaban J connectivity index is 1.37. The molecule has 1 aromatic heterocycles. The second kappa shape index (κ2) is 12.8. The summed E-state index contributed by atoms with van der Waals surface area (Å²) >= 11 is 0. The Morgan fingerprint density at radius 1 is 1.06 bits per heavy atom. The van der Waals surface area contributed by atoms with Crippen LogP contribution in [0.4, 0.5) is 0 Å². The van der Waals surface area contributed by atoms with Crippen LogP contribution in [-0.4, -0.2) is 66.9 Å². The van der Waals surface area contributed by atoms with E-state index in [1.165, 1.54) is 43.5 Å². The second-order valence-corrected chi connectivity index (χ2v) is 8.32. The lowest BCUT2D eigenvalue weighted by atomic mass is 10.1. The van der Waals surface area contributed by atoms with E-state index in [2.05, 4.69) is 49.8 Å². The number of aromatic nitrogens is 1. The molecular formula is C25H36N6O.